The second-order valence-corrected chi connectivity index (χ2v) is 8.14. The number of carbonyl (C=O) groups excluding carboxylic acids is 1. The smallest absolute Gasteiger partial charge is 0.353 e. The van der Waals surface area contributed by atoms with E-state index in [9.17, 15) is 18.0 Å². The Labute approximate surface area is 178 Å². The SMILES string of the molecule is C[C@@H]1Cc2ccccc2N1C(=O)CN1CCN(c2ncc(C(F)(F)F)cc2Cl)CC1. The van der Waals surface area contributed by atoms with E-state index in [1.807, 2.05) is 34.9 Å². The second kappa shape index (κ2) is 8.07. The Morgan fingerprint density at radius 1 is 1.20 bits per heavy atom. The minimum Gasteiger partial charge on any atom is -0.353 e. The number of fused-ring (bicyclic) bond motifs is 1. The number of amides is 1. The standard InChI is InChI=1S/C21H22ClF3N4O/c1-14-10-15-4-2-3-5-18(15)29(14)19(30)13-27-6-8-28(9-7-27)20-17(22)11-16(12-26-20)21(23,24)25/h2-5,11-12,14H,6-10,13H2,1H3/t14-/m1/s1. The zero-order chi connectivity index (χ0) is 21.5. The molecule has 4 rings (SSSR count). The molecular formula is C21H22ClF3N4O. The van der Waals surface area contributed by atoms with Gasteiger partial charge in [0.1, 0.15) is 5.82 Å². The molecule has 3 heterocycles. The average molecular weight is 439 g/mol. The van der Waals surface area contributed by atoms with Crippen LogP contribution in [-0.4, -0.2) is 54.6 Å². The number of halogens is 4. The average Bonchev–Trinajstić information content (AvgIpc) is 3.03. The Bertz CT molecular complexity index is 944. The van der Waals surface area contributed by atoms with Crippen LogP contribution in [0, 0.1) is 0 Å². The molecule has 1 saturated heterocycles. The molecule has 9 heteroatoms. The highest BCUT2D eigenvalue weighted by atomic mass is 35.5. The zero-order valence-corrected chi connectivity index (χ0v) is 17.2. The van der Waals surface area contributed by atoms with Crippen LogP contribution < -0.4 is 9.80 Å². The van der Waals surface area contributed by atoms with Crippen LogP contribution in [0.25, 0.3) is 0 Å². The van der Waals surface area contributed by atoms with Crippen LogP contribution in [0.3, 0.4) is 0 Å². The minimum atomic E-state index is -4.47. The lowest BCUT2D eigenvalue weighted by Crippen LogP contribution is -2.51. The number of alkyl halides is 3. The highest BCUT2D eigenvalue weighted by Crippen LogP contribution is 2.34. The molecule has 1 aromatic carbocycles. The van der Waals surface area contributed by atoms with Gasteiger partial charge in [-0.15, -0.1) is 0 Å². The number of benzene rings is 1. The molecule has 2 aliphatic rings. The summed E-state index contributed by atoms with van der Waals surface area (Å²) in [6.07, 6.45) is -2.81. The molecule has 30 heavy (non-hydrogen) atoms. The van der Waals surface area contributed by atoms with Gasteiger partial charge in [0.2, 0.25) is 5.91 Å². The van der Waals surface area contributed by atoms with E-state index in [2.05, 4.69) is 16.0 Å². The van der Waals surface area contributed by atoms with Gasteiger partial charge in [0, 0.05) is 44.1 Å². The van der Waals surface area contributed by atoms with E-state index >= 15 is 0 Å². The van der Waals surface area contributed by atoms with Crippen LogP contribution in [0.1, 0.15) is 18.1 Å². The summed E-state index contributed by atoms with van der Waals surface area (Å²) < 4.78 is 38.4. The maximum absolute atomic E-state index is 13.0. The monoisotopic (exact) mass is 438 g/mol. The number of hydrogen-bond acceptors (Lipinski definition) is 4. The van der Waals surface area contributed by atoms with Gasteiger partial charge in [-0.3, -0.25) is 9.69 Å². The first-order valence-electron chi connectivity index (χ1n) is 9.84. The summed E-state index contributed by atoms with van der Waals surface area (Å²) in [7, 11) is 0. The lowest BCUT2D eigenvalue weighted by atomic mass is 10.1. The molecule has 0 saturated carbocycles. The molecule has 0 N–H and O–H groups in total. The first-order valence-corrected chi connectivity index (χ1v) is 10.2. The van der Waals surface area contributed by atoms with Gasteiger partial charge < -0.3 is 9.80 Å². The van der Waals surface area contributed by atoms with Crippen LogP contribution in [0.4, 0.5) is 24.7 Å². The Balaban J connectivity index is 1.37. The Morgan fingerprint density at radius 3 is 2.57 bits per heavy atom. The molecule has 5 nitrogen and oxygen atoms in total. The van der Waals surface area contributed by atoms with E-state index < -0.39 is 11.7 Å². The van der Waals surface area contributed by atoms with E-state index in [0.29, 0.717) is 38.5 Å². The normalized spacial score (nSPS) is 19.8. The van der Waals surface area contributed by atoms with Crippen LogP contribution in [0.2, 0.25) is 5.02 Å². The summed E-state index contributed by atoms with van der Waals surface area (Å²) in [6.45, 7) is 4.65. The van der Waals surface area contributed by atoms with Crippen molar-refractivity contribution < 1.29 is 18.0 Å². The molecule has 160 valence electrons. The first kappa shape index (κ1) is 20.9. The molecule has 0 unspecified atom stereocenters. The minimum absolute atomic E-state index is 0.0168. The van der Waals surface area contributed by atoms with Gasteiger partial charge in [-0.25, -0.2) is 4.98 Å². The molecule has 0 spiro atoms. The Morgan fingerprint density at radius 2 is 1.90 bits per heavy atom. The number of para-hydroxylation sites is 1. The van der Waals surface area contributed by atoms with Gasteiger partial charge in [-0.2, -0.15) is 13.2 Å². The van der Waals surface area contributed by atoms with E-state index in [0.717, 1.165) is 24.4 Å². The third-order valence-corrected chi connectivity index (χ3v) is 5.93. The summed E-state index contributed by atoms with van der Waals surface area (Å²) in [6, 6.07) is 9.00. The summed E-state index contributed by atoms with van der Waals surface area (Å²) in [4.78, 5) is 22.7. The molecule has 0 radical (unpaired) electrons. The van der Waals surface area contributed by atoms with Crippen LogP contribution in [-0.2, 0) is 17.4 Å². The van der Waals surface area contributed by atoms with Crippen LogP contribution in [0.5, 0.6) is 0 Å². The maximum Gasteiger partial charge on any atom is 0.417 e. The number of rotatable bonds is 3. The predicted octanol–water partition coefficient (Wildman–Crippen LogP) is 3.85. The van der Waals surface area contributed by atoms with Crippen molar-refractivity contribution in [1.29, 1.82) is 0 Å². The lowest BCUT2D eigenvalue weighted by Gasteiger charge is -2.36. The molecule has 1 amide bonds. The highest BCUT2D eigenvalue weighted by Gasteiger charge is 2.34. The fraction of sp³-hybridized carbons (Fsp3) is 0.429. The summed E-state index contributed by atoms with van der Waals surface area (Å²) in [5.74, 6) is 0.407. The topological polar surface area (TPSA) is 39.7 Å². The van der Waals surface area contributed by atoms with Crippen LogP contribution in [0.15, 0.2) is 36.5 Å². The third-order valence-electron chi connectivity index (χ3n) is 5.66. The number of carbonyl (C=O) groups is 1. The van der Waals surface area contributed by atoms with E-state index in [-0.39, 0.29) is 17.0 Å². The molecule has 0 aliphatic carbocycles. The van der Waals surface area contributed by atoms with E-state index in [1.165, 1.54) is 5.56 Å². The summed E-state index contributed by atoms with van der Waals surface area (Å²) in [5, 5.41) is -0.0168. The summed E-state index contributed by atoms with van der Waals surface area (Å²) >= 11 is 6.06. The molecular weight excluding hydrogens is 417 g/mol. The van der Waals surface area contributed by atoms with E-state index in [4.69, 9.17) is 11.6 Å². The Kier molecular flexibility index (Phi) is 5.63. The third kappa shape index (κ3) is 4.11. The molecule has 1 fully saturated rings. The quantitative estimate of drug-likeness (QED) is 0.729. The summed E-state index contributed by atoms with van der Waals surface area (Å²) in [5.41, 5.74) is 1.31. The van der Waals surface area contributed by atoms with Gasteiger partial charge in [0.15, 0.2) is 0 Å². The van der Waals surface area contributed by atoms with Crippen LogP contribution >= 0.6 is 11.6 Å². The number of pyridine rings is 1. The van der Waals surface area contributed by atoms with Gasteiger partial charge in [0.25, 0.3) is 0 Å². The molecule has 0 bridgehead atoms. The number of nitrogens with zero attached hydrogens (tertiary/aromatic N) is 4. The van der Waals surface area contributed by atoms with Crippen molar-refractivity contribution in [1.82, 2.24) is 9.88 Å². The van der Waals surface area contributed by atoms with Crippen molar-refractivity contribution in [2.24, 2.45) is 0 Å². The van der Waals surface area contributed by atoms with Crippen molar-refractivity contribution in [3.63, 3.8) is 0 Å². The van der Waals surface area contributed by atoms with Gasteiger partial charge >= 0.3 is 6.18 Å². The number of aromatic nitrogens is 1. The highest BCUT2D eigenvalue weighted by molar-refractivity contribution is 6.33. The number of piperazine rings is 1. The fourth-order valence-electron chi connectivity index (χ4n) is 4.15. The van der Waals surface area contributed by atoms with Crippen molar-refractivity contribution in [3.05, 3.63) is 52.7 Å². The zero-order valence-electron chi connectivity index (χ0n) is 16.5. The number of anilines is 2. The molecule has 2 aromatic rings. The van der Waals surface area contributed by atoms with Gasteiger partial charge in [-0.1, -0.05) is 29.8 Å². The predicted molar refractivity (Wildman–Crippen MR) is 110 cm³/mol. The maximum atomic E-state index is 13.0. The van der Waals surface area contributed by atoms with Gasteiger partial charge in [0.05, 0.1) is 17.1 Å². The lowest BCUT2D eigenvalue weighted by molar-refractivity contribution is -0.137. The Hall–Kier alpha value is -2.32. The van der Waals surface area contributed by atoms with Gasteiger partial charge in [-0.05, 0) is 31.0 Å². The number of hydrogen-bond donors (Lipinski definition) is 0. The molecule has 2 aliphatic heterocycles. The van der Waals surface area contributed by atoms with Crippen molar-refractivity contribution in [2.45, 2.75) is 25.6 Å². The molecule has 1 atom stereocenters. The first-order chi connectivity index (χ1) is 14.2. The largest absolute Gasteiger partial charge is 0.417 e. The fourth-order valence-corrected chi connectivity index (χ4v) is 4.44. The van der Waals surface area contributed by atoms with Crippen molar-refractivity contribution in [3.8, 4) is 0 Å². The molecule has 1 aromatic heterocycles. The second-order valence-electron chi connectivity index (χ2n) is 7.74. The van der Waals surface area contributed by atoms with Crippen molar-refractivity contribution in [2.75, 3.05) is 42.5 Å². The van der Waals surface area contributed by atoms with Crippen molar-refractivity contribution >= 4 is 29.0 Å². The van der Waals surface area contributed by atoms with E-state index in [1.54, 1.807) is 0 Å².